The highest BCUT2D eigenvalue weighted by molar-refractivity contribution is 7.61. The van der Waals surface area contributed by atoms with Gasteiger partial charge in [-0.1, -0.05) is 0 Å². The molecular weight excluding hydrogens is 792 g/mol. The number of esters is 5. The minimum Gasteiger partial charge on any atom is -0.462 e. The smallest absolute Gasteiger partial charge is 0.462 e. The molecule has 55 heavy (non-hydrogen) atoms. The molecule has 4 heterocycles. The van der Waals surface area contributed by atoms with Crippen LogP contribution in [-0.2, 0) is 79.6 Å². The van der Waals surface area contributed by atoms with Crippen LogP contribution in [0.3, 0.4) is 0 Å². The molecule has 2 aliphatic heterocycles. The Kier molecular flexibility index (Phi) is 14.0. The molecule has 5 unspecified atom stereocenters. The number of carbonyl (C=O) groups excluding carboxylic acids is 5. The van der Waals surface area contributed by atoms with E-state index in [-0.39, 0.29) is 17.0 Å². The average molecular weight is 830 g/mol. The number of carbonyl (C=O) groups is 5. The Morgan fingerprint density at radius 3 is 2.05 bits per heavy atom. The topological polar surface area (TPSA) is 362 Å². The molecule has 2 aromatic heterocycles. The van der Waals surface area contributed by atoms with Gasteiger partial charge in [0.15, 0.2) is 42.1 Å². The maximum Gasteiger partial charge on any atom is 0.483 e. The lowest BCUT2D eigenvalue weighted by atomic mass is 9.94. The first-order chi connectivity index (χ1) is 25.6. The summed E-state index contributed by atoms with van der Waals surface area (Å²) >= 11 is 0. The van der Waals surface area contributed by atoms with E-state index in [1.54, 1.807) is 0 Å². The van der Waals surface area contributed by atoms with Crippen LogP contribution in [0.5, 0.6) is 0 Å². The first kappa shape index (κ1) is 43.5. The third-order valence-electron chi connectivity index (χ3n) is 7.42. The minimum atomic E-state index is -5.95. The highest BCUT2D eigenvalue weighted by Crippen LogP contribution is 2.61. The maximum atomic E-state index is 13.2. The molecule has 28 heteroatoms. The van der Waals surface area contributed by atoms with Crippen LogP contribution in [0.1, 0.15) is 40.8 Å². The van der Waals surface area contributed by atoms with Crippen molar-refractivity contribution in [2.24, 2.45) is 0 Å². The molecule has 0 aliphatic carbocycles. The molecule has 4 rings (SSSR count). The Morgan fingerprint density at radius 1 is 0.836 bits per heavy atom. The average Bonchev–Trinajstić information content (AvgIpc) is 3.60. The zero-order valence-corrected chi connectivity index (χ0v) is 31.1. The molecular formula is C27H37N5O21P2. The van der Waals surface area contributed by atoms with Crippen molar-refractivity contribution < 1.29 is 99.6 Å². The summed E-state index contributed by atoms with van der Waals surface area (Å²) < 4.78 is 78.4. The lowest BCUT2D eigenvalue weighted by Crippen LogP contribution is -2.65. The van der Waals surface area contributed by atoms with Gasteiger partial charge >= 0.3 is 45.5 Å². The summed E-state index contributed by atoms with van der Waals surface area (Å²) in [5.74, 6) is -5.18. The molecule has 0 bridgehead atoms. The SMILES string of the molecule is CC(=O)OC[C@H](OC(C)=O)C1O[C@@H](OP(=O)(O)OP(=O)(O)OC[C@H]2O[C@@H](n3cnc4c(N)ncnc43)[C@@H](O)C2O)C(OC(C)=O)[C@@H](OC(C)=O)[C@@H]1OC(C)=O. The van der Waals surface area contributed by atoms with E-state index in [0.29, 0.717) is 0 Å². The van der Waals surface area contributed by atoms with Crippen molar-refractivity contribution in [2.75, 3.05) is 18.9 Å². The molecule has 306 valence electrons. The number of nitrogen functional groups attached to an aromatic ring is 1. The van der Waals surface area contributed by atoms with Gasteiger partial charge in [-0.05, 0) is 0 Å². The summed E-state index contributed by atoms with van der Waals surface area (Å²) in [6, 6.07) is 0. The fourth-order valence-electron chi connectivity index (χ4n) is 5.42. The van der Waals surface area contributed by atoms with E-state index >= 15 is 0 Å². The van der Waals surface area contributed by atoms with Gasteiger partial charge in [-0.2, -0.15) is 4.31 Å². The quantitative estimate of drug-likeness (QED) is 0.0758. The largest absolute Gasteiger partial charge is 0.483 e. The fraction of sp³-hybridized carbons (Fsp3) is 0.630. The van der Waals surface area contributed by atoms with E-state index in [4.69, 9.17) is 47.9 Å². The number of hydrogen-bond acceptors (Lipinski definition) is 23. The van der Waals surface area contributed by atoms with Gasteiger partial charge in [0.1, 0.15) is 42.9 Å². The third-order valence-corrected chi connectivity index (χ3v) is 10.0. The summed E-state index contributed by atoms with van der Waals surface area (Å²) in [6.45, 7) is 2.71. The van der Waals surface area contributed by atoms with Crippen molar-refractivity contribution >= 4 is 62.5 Å². The number of phosphoric acid groups is 2. The Hall–Kier alpha value is -4.20. The van der Waals surface area contributed by atoms with Gasteiger partial charge in [-0.3, -0.25) is 37.6 Å². The maximum absolute atomic E-state index is 13.2. The van der Waals surface area contributed by atoms with Gasteiger partial charge in [0, 0.05) is 34.6 Å². The predicted octanol–water partition coefficient (Wildman–Crippen LogP) is -1.71. The Balaban J connectivity index is 1.57. The Bertz CT molecular complexity index is 1860. The van der Waals surface area contributed by atoms with Crippen LogP contribution in [0.4, 0.5) is 5.82 Å². The van der Waals surface area contributed by atoms with Gasteiger partial charge in [0.2, 0.25) is 6.29 Å². The number of phosphoric ester groups is 2. The highest BCUT2D eigenvalue weighted by atomic mass is 31.3. The molecule has 0 saturated carbocycles. The van der Waals surface area contributed by atoms with Gasteiger partial charge in [0.25, 0.3) is 0 Å². The summed E-state index contributed by atoms with van der Waals surface area (Å²) in [6.07, 6.45) is -16.2. The molecule has 2 aromatic rings. The monoisotopic (exact) mass is 829 g/mol. The van der Waals surface area contributed by atoms with Crippen molar-refractivity contribution in [3.8, 4) is 0 Å². The molecule has 2 saturated heterocycles. The number of hydrogen-bond donors (Lipinski definition) is 5. The second-order valence-corrected chi connectivity index (χ2v) is 14.7. The van der Waals surface area contributed by atoms with Crippen molar-refractivity contribution in [2.45, 2.75) is 96.0 Å². The number of aromatic nitrogens is 4. The predicted molar refractivity (Wildman–Crippen MR) is 171 cm³/mol. The van der Waals surface area contributed by atoms with Crippen LogP contribution in [0.15, 0.2) is 12.7 Å². The lowest BCUT2D eigenvalue weighted by molar-refractivity contribution is -0.301. The number of nitrogens with two attached hydrogens (primary N) is 1. The first-order valence-electron chi connectivity index (χ1n) is 15.7. The number of imidazole rings is 1. The standard InChI is InChI=1S/C27H37N5O21P2/c1-10(33)44-6-16(46-11(2)34)20-21(47-12(3)35)22(48-13(4)36)23(49-14(5)37)27(51-20)52-55(42,43)53-54(40,41)45-7-15-18(38)19(39)26(50-15)32-9-31-17-24(28)29-8-30-25(17)32/h8-9,15-16,18-23,26-27,38-39H,6-7H2,1-5H3,(H,40,41)(H,42,43)(H2,28,29,30)/t15-,16+,18?,19+,20?,21-,22+,23?,26-,27+/m1/s1. The number of ether oxygens (including phenoxy) is 7. The van der Waals surface area contributed by atoms with Crippen molar-refractivity contribution in [3.05, 3.63) is 12.7 Å². The summed E-state index contributed by atoms with van der Waals surface area (Å²) in [7, 11) is -11.7. The van der Waals surface area contributed by atoms with E-state index < -0.39 is 120 Å². The molecule has 6 N–H and O–H groups in total. The zero-order valence-electron chi connectivity index (χ0n) is 29.3. The number of fused-ring (bicyclic) bond motifs is 1. The molecule has 0 spiro atoms. The highest BCUT2D eigenvalue weighted by Gasteiger charge is 2.57. The third kappa shape index (κ3) is 11.2. The second kappa shape index (κ2) is 17.7. The number of rotatable bonds is 15. The lowest BCUT2D eigenvalue weighted by Gasteiger charge is -2.45. The van der Waals surface area contributed by atoms with E-state index in [9.17, 15) is 53.1 Å². The molecule has 0 radical (unpaired) electrons. The van der Waals surface area contributed by atoms with Crippen LogP contribution in [0.2, 0.25) is 0 Å². The summed E-state index contributed by atoms with van der Waals surface area (Å²) in [5.41, 5.74) is 6.00. The first-order valence-corrected chi connectivity index (χ1v) is 18.7. The number of nitrogens with zero attached hydrogens (tertiary/aromatic N) is 4. The summed E-state index contributed by atoms with van der Waals surface area (Å²) in [5, 5.41) is 21.2. The van der Waals surface area contributed by atoms with E-state index in [1.165, 1.54) is 10.9 Å². The minimum absolute atomic E-state index is 0.00339. The van der Waals surface area contributed by atoms with Crippen LogP contribution < -0.4 is 5.73 Å². The van der Waals surface area contributed by atoms with Gasteiger partial charge in [0.05, 0.1) is 12.9 Å². The number of anilines is 1. The van der Waals surface area contributed by atoms with Crippen LogP contribution in [0, 0.1) is 0 Å². The Morgan fingerprint density at radius 2 is 1.45 bits per heavy atom. The molecule has 2 aliphatic rings. The Labute approximate surface area is 309 Å². The van der Waals surface area contributed by atoms with Crippen LogP contribution >= 0.6 is 15.6 Å². The van der Waals surface area contributed by atoms with E-state index in [0.717, 1.165) is 40.9 Å². The molecule has 0 aromatic carbocycles. The van der Waals surface area contributed by atoms with Crippen LogP contribution in [-0.4, -0.2) is 138 Å². The van der Waals surface area contributed by atoms with E-state index in [2.05, 4.69) is 19.3 Å². The van der Waals surface area contributed by atoms with Crippen molar-refractivity contribution in [3.63, 3.8) is 0 Å². The fourth-order valence-corrected chi connectivity index (χ4v) is 7.58. The normalized spacial score (nSPS) is 29.3. The summed E-state index contributed by atoms with van der Waals surface area (Å²) in [4.78, 5) is 92.9. The van der Waals surface area contributed by atoms with Gasteiger partial charge < -0.3 is 58.9 Å². The van der Waals surface area contributed by atoms with Crippen molar-refractivity contribution in [1.29, 1.82) is 0 Å². The molecule has 0 amide bonds. The van der Waals surface area contributed by atoms with Crippen molar-refractivity contribution in [1.82, 2.24) is 19.5 Å². The second-order valence-electron chi connectivity index (χ2n) is 11.7. The molecule has 2 fully saturated rings. The van der Waals surface area contributed by atoms with Gasteiger partial charge in [-0.25, -0.2) is 24.1 Å². The zero-order chi connectivity index (χ0) is 41.0. The molecule has 26 nitrogen and oxygen atoms in total. The molecule has 12 atom stereocenters. The van der Waals surface area contributed by atoms with E-state index in [1.807, 2.05) is 0 Å². The number of aliphatic hydroxyl groups is 2. The van der Waals surface area contributed by atoms with Crippen LogP contribution in [0.25, 0.3) is 11.2 Å². The number of aliphatic hydroxyl groups excluding tert-OH is 2. The van der Waals surface area contributed by atoms with Gasteiger partial charge in [-0.15, -0.1) is 0 Å².